The first kappa shape index (κ1) is 63.1. The number of nitrogens with zero attached hydrogens (tertiary/aromatic N) is 4. The summed E-state index contributed by atoms with van der Waals surface area (Å²) in [6, 6.07) is 16.8. The van der Waals surface area contributed by atoms with E-state index in [4.69, 9.17) is 33.5 Å². The van der Waals surface area contributed by atoms with Crippen molar-refractivity contribution >= 4 is 74.2 Å². The van der Waals surface area contributed by atoms with Crippen LogP contribution in [0.3, 0.4) is 0 Å². The number of aldehydes is 1. The van der Waals surface area contributed by atoms with Crippen LogP contribution in [0, 0.1) is 11.6 Å². The van der Waals surface area contributed by atoms with Gasteiger partial charge in [0, 0.05) is 118 Å². The standard InChI is InChI=1S/C31H37FN4O6S.C31H35FN4O6S/c2*32-22-10-11-25(42-26-9-1-3-17-41-26)23(19-22)28(29(38)35-31-34-13-18-43-31)36-20-21-7-5-8-24(27(21)30(36)39)33-12-2-4-15-40-16-6-14-37/h5,7-8,10-11,13,18-19,26,28,33,37H,1-4,6,9,12,14-17,20H2,(H,34,35,38);5,7-8,10-11,13-14,18-19,26,28,33H,1-4,6,9,12,15-17,20H2,(H,34,35,38). The smallest absolute Gasteiger partial charge is 0.257 e. The molecule has 2 saturated heterocycles. The van der Waals surface area contributed by atoms with Crippen molar-refractivity contribution in [1.29, 1.82) is 0 Å². The van der Waals surface area contributed by atoms with Crippen LogP contribution in [-0.4, -0.2) is 127 Å². The number of hydrogen-bond acceptors (Lipinski definition) is 18. The molecule has 24 heteroatoms. The van der Waals surface area contributed by atoms with Gasteiger partial charge in [-0.1, -0.05) is 24.3 Å². The summed E-state index contributed by atoms with van der Waals surface area (Å²) in [5.74, 6) is -2.27. The Kier molecular flexibility index (Phi) is 23.7. The molecule has 0 saturated carbocycles. The van der Waals surface area contributed by atoms with E-state index in [-0.39, 0.29) is 54.1 Å². The predicted molar refractivity (Wildman–Crippen MR) is 320 cm³/mol. The van der Waals surface area contributed by atoms with Gasteiger partial charge in [-0.2, -0.15) is 0 Å². The molecular weight excluding hydrogens is 1150 g/mol. The number of aliphatic hydroxyl groups is 1. The Labute approximate surface area is 505 Å². The molecule has 4 amide bonds. The van der Waals surface area contributed by atoms with Gasteiger partial charge in [-0.25, -0.2) is 18.7 Å². The zero-order valence-corrected chi connectivity index (χ0v) is 49.3. The number of carbonyl (C=O) groups excluding carboxylic acids is 5. The number of hydrogen-bond donors (Lipinski definition) is 5. The highest BCUT2D eigenvalue weighted by molar-refractivity contribution is 7.14. The van der Waals surface area contributed by atoms with Crippen LogP contribution in [0.1, 0.15) is 132 Å². The zero-order valence-electron chi connectivity index (χ0n) is 47.7. The van der Waals surface area contributed by atoms with Gasteiger partial charge >= 0.3 is 0 Å². The number of ether oxygens (including phenoxy) is 6. The predicted octanol–water partition coefficient (Wildman–Crippen LogP) is 10.4. The number of unbranched alkanes of at least 4 members (excludes halogenated alkanes) is 2. The fourth-order valence-corrected chi connectivity index (χ4v) is 11.5. The minimum Gasteiger partial charge on any atom is -0.465 e. The fraction of sp³-hybridized carbons (Fsp3) is 0.435. The van der Waals surface area contributed by atoms with E-state index >= 15 is 0 Å². The Balaban J connectivity index is 0.000000205. The van der Waals surface area contributed by atoms with Gasteiger partial charge in [0.05, 0.1) is 30.9 Å². The van der Waals surface area contributed by atoms with Crippen LogP contribution >= 0.6 is 22.7 Å². The Morgan fingerprint density at radius 1 is 0.651 bits per heavy atom. The van der Waals surface area contributed by atoms with Gasteiger partial charge in [-0.05, 0) is 117 Å². The molecule has 2 aromatic heterocycles. The van der Waals surface area contributed by atoms with Crippen LogP contribution in [0.4, 0.5) is 30.4 Å². The molecule has 458 valence electrons. The largest absolute Gasteiger partial charge is 0.465 e. The number of halogens is 2. The van der Waals surface area contributed by atoms with Crippen molar-refractivity contribution in [2.24, 2.45) is 0 Å². The molecule has 0 spiro atoms. The number of carbonyl (C=O) groups is 5. The third-order valence-electron chi connectivity index (χ3n) is 14.6. The number of benzene rings is 4. The number of fused-ring (bicyclic) bond motifs is 2. The molecule has 0 radical (unpaired) electrons. The topological polar surface area (TPSA) is 241 Å². The molecule has 4 aliphatic heterocycles. The van der Waals surface area contributed by atoms with Crippen LogP contribution in [-0.2, 0) is 46.4 Å². The quantitative estimate of drug-likeness (QED) is 0.0208. The Hall–Kier alpha value is -7.45. The minimum atomic E-state index is -1.20. The van der Waals surface area contributed by atoms with E-state index < -0.39 is 48.1 Å². The lowest BCUT2D eigenvalue weighted by Gasteiger charge is -2.30. The van der Waals surface area contributed by atoms with Gasteiger partial charge in [-0.3, -0.25) is 29.8 Å². The number of amides is 4. The monoisotopic (exact) mass is 1220 g/mol. The number of anilines is 4. The van der Waals surface area contributed by atoms with Crippen molar-refractivity contribution in [1.82, 2.24) is 19.8 Å². The Morgan fingerprint density at radius 3 is 1.56 bits per heavy atom. The molecule has 5 N–H and O–H groups in total. The van der Waals surface area contributed by atoms with Gasteiger partial charge in [0.15, 0.2) is 22.8 Å². The first-order valence-electron chi connectivity index (χ1n) is 29.2. The molecule has 20 nitrogen and oxygen atoms in total. The van der Waals surface area contributed by atoms with Gasteiger partial charge in [0.25, 0.3) is 23.6 Å². The van der Waals surface area contributed by atoms with Crippen LogP contribution in [0.5, 0.6) is 11.5 Å². The van der Waals surface area contributed by atoms with Gasteiger partial charge < -0.3 is 58.8 Å². The van der Waals surface area contributed by atoms with Crippen molar-refractivity contribution in [3.63, 3.8) is 0 Å². The molecule has 4 unspecified atom stereocenters. The van der Waals surface area contributed by atoms with Crippen molar-refractivity contribution in [2.75, 3.05) is 80.6 Å². The minimum absolute atomic E-state index is 0.113. The lowest BCUT2D eigenvalue weighted by atomic mass is 10.0. The average Bonchev–Trinajstić information content (AvgIpc) is 1.83. The van der Waals surface area contributed by atoms with Crippen LogP contribution in [0.2, 0.25) is 0 Å². The summed E-state index contributed by atoms with van der Waals surface area (Å²) in [5.41, 5.74) is 4.30. The lowest BCUT2D eigenvalue weighted by molar-refractivity contribution is -0.122. The van der Waals surface area contributed by atoms with Crippen LogP contribution < -0.4 is 30.7 Å². The van der Waals surface area contributed by atoms with Crippen molar-refractivity contribution < 1.29 is 66.3 Å². The Bertz CT molecular complexity index is 3190. The molecule has 4 atom stereocenters. The fourth-order valence-electron chi connectivity index (χ4n) is 10.5. The van der Waals surface area contributed by atoms with E-state index in [2.05, 4.69) is 31.2 Å². The highest BCUT2D eigenvalue weighted by Crippen LogP contribution is 2.42. The maximum Gasteiger partial charge on any atom is 0.257 e. The van der Waals surface area contributed by atoms with E-state index in [0.717, 1.165) is 68.8 Å². The molecule has 4 aromatic carbocycles. The van der Waals surface area contributed by atoms with Crippen molar-refractivity contribution in [2.45, 2.75) is 115 Å². The summed E-state index contributed by atoms with van der Waals surface area (Å²) in [7, 11) is 0. The summed E-state index contributed by atoms with van der Waals surface area (Å²) in [4.78, 5) is 77.5. The van der Waals surface area contributed by atoms with Crippen LogP contribution in [0.25, 0.3) is 0 Å². The molecule has 0 bridgehead atoms. The molecule has 6 aromatic rings. The van der Waals surface area contributed by atoms with Crippen LogP contribution in [0.15, 0.2) is 96.0 Å². The molecule has 2 fully saturated rings. The molecule has 86 heavy (non-hydrogen) atoms. The van der Waals surface area contributed by atoms with Crippen molar-refractivity contribution in [3.05, 3.63) is 141 Å². The third kappa shape index (κ3) is 17.0. The third-order valence-corrected chi connectivity index (χ3v) is 16.0. The van der Waals surface area contributed by atoms with E-state index in [9.17, 15) is 32.8 Å². The molecule has 4 aliphatic rings. The summed E-state index contributed by atoms with van der Waals surface area (Å²) in [6.45, 7) is 4.87. The van der Waals surface area contributed by atoms with E-state index in [1.807, 2.05) is 36.4 Å². The maximum atomic E-state index is 14.8. The zero-order chi connectivity index (χ0) is 60.0. The van der Waals surface area contributed by atoms with Gasteiger partial charge in [-0.15, -0.1) is 22.7 Å². The number of aromatic nitrogens is 2. The van der Waals surface area contributed by atoms with E-state index in [1.165, 1.54) is 68.9 Å². The first-order valence-corrected chi connectivity index (χ1v) is 31.0. The van der Waals surface area contributed by atoms with E-state index in [0.29, 0.717) is 111 Å². The number of aliphatic hydroxyl groups excluding tert-OH is 1. The molecule has 6 heterocycles. The lowest BCUT2D eigenvalue weighted by Crippen LogP contribution is -2.38. The van der Waals surface area contributed by atoms with Gasteiger partial charge in [0.2, 0.25) is 0 Å². The second-order valence-corrected chi connectivity index (χ2v) is 22.5. The van der Waals surface area contributed by atoms with Crippen molar-refractivity contribution in [3.8, 4) is 11.5 Å². The SMILES string of the molecule is O=C(Nc1nccs1)C(c1cc(F)ccc1OC1CCCCO1)N1Cc2cccc(NCCCCOCCCO)c2C1=O.O=CCCOCCCCNc1cccc2c1C(=O)N(C(C(=O)Nc1nccs1)c1cc(F)ccc1OC1CCCCO1)C2. The highest BCUT2D eigenvalue weighted by atomic mass is 32.1. The molecule has 0 aliphatic carbocycles. The molecular formula is C62H72F2N8O12S2. The second-order valence-electron chi connectivity index (χ2n) is 20.7. The summed E-state index contributed by atoms with van der Waals surface area (Å²) < 4.78 is 64.2. The number of rotatable bonds is 30. The average molecular weight is 1220 g/mol. The highest BCUT2D eigenvalue weighted by Gasteiger charge is 2.43. The molecule has 10 rings (SSSR count). The second kappa shape index (κ2) is 32.3. The van der Waals surface area contributed by atoms with Gasteiger partial charge in [0.1, 0.15) is 41.5 Å². The normalized spacial score (nSPS) is 17.0. The Morgan fingerprint density at radius 2 is 1.13 bits per heavy atom. The summed E-state index contributed by atoms with van der Waals surface area (Å²) in [5, 5.41) is 25.4. The summed E-state index contributed by atoms with van der Waals surface area (Å²) in [6.07, 6.45) is 12.2. The number of thiazole rings is 2. The van der Waals surface area contributed by atoms with E-state index in [1.54, 1.807) is 23.2 Å². The number of nitrogens with one attached hydrogen (secondary N) is 4. The first-order chi connectivity index (χ1) is 42.1. The maximum absolute atomic E-state index is 14.8. The summed E-state index contributed by atoms with van der Waals surface area (Å²) >= 11 is 2.49.